The van der Waals surface area contributed by atoms with E-state index in [0.29, 0.717) is 19.6 Å². The standard InChI is InChI=1S/C27H47N3O3/c1-7-8-9-10-11-12-13-14-15-16-25(31)28-17-18-30(5,6)20-23-19-29-22(2)26-24(23)21-32-27(3,4)33-26/h19H,7-18,20-21H2,1-6H3/p+1. The highest BCUT2D eigenvalue weighted by atomic mass is 16.7. The normalized spacial score (nSPS) is 15.1. The summed E-state index contributed by atoms with van der Waals surface area (Å²) in [5.74, 6) is 0.413. The molecule has 1 N–H and O–H groups in total. The van der Waals surface area contributed by atoms with Crippen LogP contribution in [0.2, 0.25) is 0 Å². The van der Waals surface area contributed by atoms with Gasteiger partial charge in [-0.2, -0.15) is 0 Å². The molecule has 0 fully saturated rings. The molecule has 0 bridgehead atoms. The van der Waals surface area contributed by atoms with Crippen LogP contribution >= 0.6 is 0 Å². The molecular formula is C27H48N3O3+. The molecule has 1 aliphatic heterocycles. The summed E-state index contributed by atoms with van der Waals surface area (Å²) in [5.41, 5.74) is 3.15. The number of likely N-dealkylation sites (N-methyl/N-ethyl adjacent to an activating group) is 1. The lowest BCUT2D eigenvalue weighted by Crippen LogP contribution is -2.45. The maximum Gasteiger partial charge on any atom is 0.220 e. The average molecular weight is 463 g/mol. The lowest BCUT2D eigenvalue weighted by Gasteiger charge is -2.36. The van der Waals surface area contributed by atoms with Crippen LogP contribution in [0.25, 0.3) is 0 Å². The molecule has 0 spiro atoms. The van der Waals surface area contributed by atoms with Crippen molar-refractivity contribution in [3.63, 3.8) is 0 Å². The quantitative estimate of drug-likeness (QED) is 0.270. The number of unbranched alkanes of at least 4 members (excludes halogenated alkanes) is 8. The Morgan fingerprint density at radius 3 is 2.39 bits per heavy atom. The highest BCUT2D eigenvalue weighted by Gasteiger charge is 2.32. The van der Waals surface area contributed by atoms with Crippen molar-refractivity contribution in [1.82, 2.24) is 10.3 Å². The van der Waals surface area contributed by atoms with E-state index in [2.05, 4.69) is 31.3 Å². The van der Waals surface area contributed by atoms with E-state index in [4.69, 9.17) is 9.47 Å². The first-order valence-electron chi connectivity index (χ1n) is 13.0. The largest absolute Gasteiger partial charge is 0.461 e. The second-order valence-corrected chi connectivity index (χ2v) is 10.7. The van der Waals surface area contributed by atoms with Gasteiger partial charge in [-0.3, -0.25) is 9.78 Å². The molecule has 6 nitrogen and oxygen atoms in total. The van der Waals surface area contributed by atoms with Crippen LogP contribution in [-0.2, 0) is 22.7 Å². The van der Waals surface area contributed by atoms with Crippen molar-refractivity contribution in [3.05, 3.63) is 23.0 Å². The van der Waals surface area contributed by atoms with Gasteiger partial charge >= 0.3 is 0 Å². The molecule has 2 heterocycles. The number of pyridine rings is 1. The first kappa shape index (κ1) is 27.6. The Balaban J connectivity index is 1.68. The van der Waals surface area contributed by atoms with Gasteiger partial charge in [0, 0.05) is 37.6 Å². The number of amides is 1. The molecule has 0 unspecified atom stereocenters. The summed E-state index contributed by atoms with van der Waals surface area (Å²) < 4.78 is 12.7. The summed E-state index contributed by atoms with van der Waals surface area (Å²) in [4.78, 5) is 16.8. The zero-order valence-electron chi connectivity index (χ0n) is 22.1. The molecule has 33 heavy (non-hydrogen) atoms. The summed E-state index contributed by atoms with van der Waals surface area (Å²) in [7, 11) is 4.38. The molecular weight excluding hydrogens is 414 g/mol. The minimum absolute atomic E-state index is 0.177. The molecule has 1 aromatic rings. The summed E-state index contributed by atoms with van der Waals surface area (Å²) in [5, 5.41) is 3.11. The summed E-state index contributed by atoms with van der Waals surface area (Å²) >= 11 is 0. The van der Waals surface area contributed by atoms with Crippen molar-refractivity contribution >= 4 is 5.91 Å². The van der Waals surface area contributed by atoms with Crippen LogP contribution in [0.4, 0.5) is 0 Å². The van der Waals surface area contributed by atoms with Crippen molar-refractivity contribution in [1.29, 1.82) is 0 Å². The zero-order valence-corrected chi connectivity index (χ0v) is 22.1. The van der Waals surface area contributed by atoms with E-state index in [0.717, 1.165) is 53.0 Å². The second kappa shape index (κ2) is 13.3. The Hall–Kier alpha value is -1.66. The number of nitrogens with one attached hydrogen (secondary N) is 1. The fourth-order valence-corrected chi connectivity index (χ4v) is 4.35. The summed E-state index contributed by atoms with van der Waals surface area (Å²) in [6.45, 7) is 11.0. The van der Waals surface area contributed by atoms with Gasteiger partial charge in [-0.1, -0.05) is 58.3 Å². The molecule has 1 amide bonds. The summed E-state index contributed by atoms with van der Waals surface area (Å²) in [6, 6.07) is 0. The third-order valence-corrected chi connectivity index (χ3v) is 6.46. The van der Waals surface area contributed by atoms with Crippen molar-refractivity contribution in [2.24, 2.45) is 0 Å². The number of quaternary nitrogens is 1. The Bertz CT molecular complexity index is 746. The third-order valence-electron chi connectivity index (χ3n) is 6.46. The van der Waals surface area contributed by atoms with Crippen LogP contribution < -0.4 is 10.1 Å². The average Bonchev–Trinajstić information content (AvgIpc) is 2.74. The van der Waals surface area contributed by atoms with E-state index < -0.39 is 5.79 Å². The van der Waals surface area contributed by atoms with Gasteiger partial charge < -0.3 is 19.3 Å². The number of aromatic nitrogens is 1. The van der Waals surface area contributed by atoms with Gasteiger partial charge in [-0.25, -0.2) is 0 Å². The van der Waals surface area contributed by atoms with E-state index in [9.17, 15) is 4.79 Å². The fourth-order valence-electron chi connectivity index (χ4n) is 4.35. The minimum atomic E-state index is -0.624. The van der Waals surface area contributed by atoms with Gasteiger partial charge in [0.1, 0.15) is 12.3 Å². The lowest BCUT2D eigenvalue weighted by molar-refractivity contribution is -0.902. The van der Waals surface area contributed by atoms with E-state index >= 15 is 0 Å². The number of carbonyl (C=O) groups excluding carboxylic acids is 1. The maximum absolute atomic E-state index is 12.2. The van der Waals surface area contributed by atoms with Gasteiger partial charge in [0.2, 0.25) is 11.7 Å². The minimum Gasteiger partial charge on any atom is -0.461 e. The van der Waals surface area contributed by atoms with E-state index in [1.165, 1.54) is 44.9 Å². The van der Waals surface area contributed by atoms with Crippen molar-refractivity contribution in [2.45, 2.75) is 111 Å². The molecule has 1 aliphatic rings. The second-order valence-electron chi connectivity index (χ2n) is 10.7. The van der Waals surface area contributed by atoms with Gasteiger partial charge in [0.25, 0.3) is 0 Å². The first-order chi connectivity index (χ1) is 15.6. The first-order valence-corrected chi connectivity index (χ1v) is 13.0. The Morgan fingerprint density at radius 2 is 1.73 bits per heavy atom. The summed E-state index contributed by atoms with van der Waals surface area (Å²) in [6.07, 6.45) is 14.0. The van der Waals surface area contributed by atoms with E-state index in [1.807, 2.05) is 27.0 Å². The number of nitrogens with zero attached hydrogens (tertiary/aromatic N) is 2. The molecule has 0 aliphatic carbocycles. The van der Waals surface area contributed by atoms with Crippen molar-refractivity contribution < 1.29 is 18.8 Å². The SMILES string of the molecule is CCCCCCCCCCCC(=O)NCC[N+](C)(C)Cc1cnc(C)c2c1COC(C)(C)O2. The molecule has 0 radical (unpaired) electrons. The Labute approximate surface area is 202 Å². The Kier molecular flexibility index (Phi) is 11.1. The monoisotopic (exact) mass is 462 g/mol. The van der Waals surface area contributed by atoms with Crippen LogP contribution in [0.3, 0.4) is 0 Å². The Morgan fingerprint density at radius 1 is 1.09 bits per heavy atom. The van der Waals surface area contributed by atoms with Crippen molar-refractivity contribution in [3.8, 4) is 5.75 Å². The van der Waals surface area contributed by atoms with Crippen molar-refractivity contribution in [2.75, 3.05) is 27.2 Å². The number of hydrogen-bond acceptors (Lipinski definition) is 4. The van der Waals surface area contributed by atoms with Crippen LogP contribution in [0.15, 0.2) is 6.20 Å². The van der Waals surface area contributed by atoms with Gasteiger partial charge in [0.05, 0.1) is 39.5 Å². The fraction of sp³-hybridized carbons (Fsp3) is 0.778. The van der Waals surface area contributed by atoms with E-state index in [1.54, 1.807) is 0 Å². The van der Waals surface area contributed by atoms with E-state index in [-0.39, 0.29) is 5.91 Å². The molecule has 2 rings (SSSR count). The lowest BCUT2D eigenvalue weighted by atomic mass is 10.1. The molecule has 1 aromatic heterocycles. The third kappa shape index (κ3) is 10.0. The highest BCUT2D eigenvalue weighted by molar-refractivity contribution is 5.75. The predicted octanol–water partition coefficient (Wildman–Crippen LogP) is 5.65. The predicted molar refractivity (Wildman–Crippen MR) is 134 cm³/mol. The molecule has 6 heteroatoms. The van der Waals surface area contributed by atoms with Gasteiger partial charge in [-0.15, -0.1) is 0 Å². The van der Waals surface area contributed by atoms with Crippen LogP contribution in [0.5, 0.6) is 5.75 Å². The van der Waals surface area contributed by atoms with Gasteiger partial charge in [0.15, 0.2) is 0 Å². The number of carbonyl (C=O) groups is 1. The maximum atomic E-state index is 12.2. The number of ether oxygens (including phenoxy) is 2. The van der Waals surface area contributed by atoms with Gasteiger partial charge in [-0.05, 0) is 13.3 Å². The van der Waals surface area contributed by atoms with Crippen LogP contribution in [0.1, 0.15) is 102 Å². The van der Waals surface area contributed by atoms with Crippen LogP contribution in [-0.4, -0.2) is 48.3 Å². The molecule has 0 atom stereocenters. The topological polar surface area (TPSA) is 60.5 Å². The highest BCUT2D eigenvalue weighted by Crippen LogP contribution is 2.35. The molecule has 188 valence electrons. The molecule has 0 aromatic carbocycles. The smallest absolute Gasteiger partial charge is 0.220 e. The van der Waals surface area contributed by atoms with Crippen LogP contribution in [0, 0.1) is 6.92 Å². The number of fused-ring (bicyclic) bond motifs is 1. The number of aryl methyl sites for hydroxylation is 1. The zero-order chi connectivity index (χ0) is 24.3. The number of hydrogen-bond donors (Lipinski definition) is 1. The molecule has 0 saturated heterocycles. The molecule has 0 saturated carbocycles. The number of rotatable bonds is 15.